The molecule has 0 saturated carbocycles. The molecule has 0 aliphatic heterocycles. The number of aliphatic hydroxyl groups excluding tert-OH is 1. The van der Waals surface area contributed by atoms with Gasteiger partial charge in [-0.25, -0.2) is 4.98 Å². The number of aromatic nitrogens is 4. The van der Waals surface area contributed by atoms with Crippen LogP contribution in [0, 0.1) is 0 Å². The number of hydrogen-bond acceptors (Lipinski definition) is 6. The van der Waals surface area contributed by atoms with Crippen molar-refractivity contribution in [3.05, 3.63) is 16.7 Å². The van der Waals surface area contributed by atoms with Crippen molar-refractivity contribution < 1.29 is 20.8 Å². The second-order valence-electron chi connectivity index (χ2n) is 3.10. The molecular weight excluding hydrogens is 269 g/mol. The molecule has 104 valence electrons. The summed E-state index contributed by atoms with van der Waals surface area (Å²) in [6.45, 7) is 0.300. The van der Waals surface area contributed by atoms with E-state index in [1.54, 1.807) is 0 Å². The number of anilines is 1. The van der Waals surface area contributed by atoms with Gasteiger partial charge in [0.1, 0.15) is 6.73 Å². The van der Waals surface area contributed by atoms with Gasteiger partial charge in [-0.3, -0.25) is 14.3 Å². The third-order valence-corrected chi connectivity index (χ3v) is 1.96. The van der Waals surface area contributed by atoms with Crippen molar-refractivity contribution in [3.63, 3.8) is 0 Å². The monoisotopic (exact) mass is 285 g/mol. The predicted octanol–water partition coefficient (Wildman–Crippen LogP) is -3.63. The quantitative estimate of drug-likeness (QED) is 0.384. The van der Waals surface area contributed by atoms with Crippen LogP contribution in [0.4, 0.5) is 5.95 Å². The molecule has 2 aromatic rings. The Morgan fingerprint density at radius 3 is 2.79 bits per heavy atom. The number of fused-ring (bicyclic) bond motifs is 1. The minimum atomic E-state index is -0.386. The van der Waals surface area contributed by atoms with Gasteiger partial charge >= 0.3 is 29.6 Å². The zero-order valence-corrected chi connectivity index (χ0v) is 9.38. The molecule has 0 saturated heterocycles. The molecule has 0 aliphatic rings. The predicted molar refractivity (Wildman–Crippen MR) is 70.0 cm³/mol. The number of nitrogens with zero attached hydrogens (tertiary/aromatic N) is 3. The molecule has 0 radical (unpaired) electrons. The van der Waals surface area contributed by atoms with Crippen LogP contribution in [-0.2, 0) is 11.5 Å². The molecule has 0 aliphatic carbocycles. The van der Waals surface area contributed by atoms with Gasteiger partial charge in [0.25, 0.3) is 5.56 Å². The average molecular weight is 285 g/mol. The number of imidazole rings is 1. The van der Waals surface area contributed by atoms with Crippen LogP contribution in [0.3, 0.4) is 0 Å². The maximum atomic E-state index is 11.4. The molecule has 2 aromatic heterocycles. The number of aliphatic hydroxyl groups is 1. The van der Waals surface area contributed by atoms with Gasteiger partial charge in [0.05, 0.1) is 19.5 Å². The Hall–Kier alpha value is -1.01. The van der Waals surface area contributed by atoms with Gasteiger partial charge in [0, 0.05) is 0 Å². The molecule has 10 nitrogen and oxygen atoms in total. The Kier molecular flexibility index (Phi) is 9.60. The van der Waals surface area contributed by atoms with E-state index in [9.17, 15) is 4.79 Å². The van der Waals surface area contributed by atoms with E-state index in [4.69, 9.17) is 15.6 Å². The number of ether oxygens (including phenoxy) is 1. The molecule has 19 heavy (non-hydrogen) atoms. The first-order valence-electron chi connectivity index (χ1n) is 4.61. The topological polar surface area (TPSA) is 182 Å². The summed E-state index contributed by atoms with van der Waals surface area (Å²) in [5.74, 6) is 0.0291. The molecule has 2 heterocycles. The van der Waals surface area contributed by atoms with E-state index in [2.05, 4.69) is 15.0 Å². The molecule has 0 aromatic carbocycles. The second kappa shape index (κ2) is 8.98. The minimum absolute atomic E-state index is 0. The summed E-state index contributed by atoms with van der Waals surface area (Å²) >= 11 is 0. The van der Waals surface area contributed by atoms with Crippen LogP contribution < -0.4 is 11.3 Å². The Morgan fingerprint density at radius 2 is 2.16 bits per heavy atom. The van der Waals surface area contributed by atoms with Crippen LogP contribution in [0.2, 0.25) is 0 Å². The van der Waals surface area contributed by atoms with E-state index in [-0.39, 0.29) is 77.5 Å². The zero-order valence-electron chi connectivity index (χ0n) is 9.38. The van der Waals surface area contributed by atoms with Gasteiger partial charge in [-0.15, -0.1) is 0 Å². The van der Waals surface area contributed by atoms with Crippen molar-refractivity contribution in [1.82, 2.24) is 19.5 Å². The van der Waals surface area contributed by atoms with Crippen molar-refractivity contribution in [2.75, 3.05) is 18.9 Å². The maximum absolute atomic E-state index is 11.4. The van der Waals surface area contributed by atoms with Crippen molar-refractivity contribution in [3.8, 4) is 0 Å². The first-order valence-corrected chi connectivity index (χ1v) is 4.61. The molecule has 0 amide bonds. The van der Waals surface area contributed by atoms with Crippen LogP contribution in [0.1, 0.15) is 0 Å². The molecule has 8 N–H and O–H groups in total. The van der Waals surface area contributed by atoms with Crippen LogP contribution >= 0.6 is 0 Å². The van der Waals surface area contributed by atoms with Gasteiger partial charge in [-0.1, -0.05) is 0 Å². The van der Waals surface area contributed by atoms with E-state index < -0.39 is 0 Å². The van der Waals surface area contributed by atoms with Crippen molar-refractivity contribution in [2.24, 2.45) is 0 Å². The van der Waals surface area contributed by atoms with E-state index in [1.165, 1.54) is 10.9 Å². The van der Waals surface area contributed by atoms with Crippen molar-refractivity contribution in [1.29, 1.82) is 0 Å². The Balaban J connectivity index is 0. The normalized spacial score (nSPS) is 9.32. The Bertz CT molecular complexity index is 556. The molecule has 0 fully saturated rings. The fourth-order valence-electron chi connectivity index (χ4n) is 1.29. The summed E-state index contributed by atoms with van der Waals surface area (Å²) in [7, 11) is 0. The molecule has 0 atom stereocenters. The molecule has 0 spiro atoms. The fraction of sp³-hybridized carbons (Fsp3) is 0.375. The average Bonchev–Trinajstić information content (AvgIpc) is 2.62. The number of aromatic amines is 1. The first-order chi connectivity index (χ1) is 7.72. The molecular formula is C8H16N5NaO5. The van der Waals surface area contributed by atoms with E-state index in [0.29, 0.717) is 5.65 Å². The van der Waals surface area contributed by atoms with Crippen LogP contribution in [0.15, 0.2) is 11.1 Å². The second-order valence-corrected chi connectivity index (χ2v) is 3.10. The number of nitrogens with two attached hydrogens (primary N) is 1. The van der Waals surface area contributed by atoms with Crippen LogP contribution in [0.25, 0.3) is 11.2 Å². The van der Waals surface area contributed by atoms with E-state index >= 15 is 0 Å². The standard InChI is InChI=1S/C8H11N5O3.Na.2H2O.H/c9-8-11-6-5(7(15)12-8)10-3-13(6)4-16-2-1-14;;;;/h3,14H,1-2,4H2,(H3,9,11,12,15);;2*1H2;. The van der Waals surface area contributed by atoms with E-state index in [1.807, 2.05) is 0 Å². The Labute approximate surface area is 129 Å². The third-order valence-electron chi connectivity index (χ3n) is 1.96. The number of nitrogen functional groups attached to an aromatic ring is 1. The first kappa shape index (κ1) is 20.3. The molecule has 0 unspecified atom stereocenters. The van der Waals surface area contributed by atoms with Gasteiger partial charge in [0.15, 0.2) is 11.2 Å². The van der Waals surface area contributed by atoms with Gasteiger partial charge in [0.2, 0.25) is 5.95 Å². The SMILES string of the molecule is Nc1nc2c(ncn2COCCO)c(=O)[nH]1.O.O.[NaH]. The summed E-state index contributed by atoms with van der Waals surface area (Å²) in [5, 5.41) is 8.56. The Morgan fingerprint density at radius 1 is 1.47 bits per heavy atom. The fourth-order valence-corrected chi connectivity index (χ4v) is 1.29. The van der Waals surface area contributed by atoms with E-state index in [0.717, 1.165) is 0 Å². The summed E-state index contributed by atoms with van der Waals surface area (Å²) in [6.07, 6.45) is 1.43. The van der Waals surface area contributed by atoms with Gasteiger partial charge in [-0.2, -0.15) is 4.98 Å². The molecule has 11 heteroatoms. The summed E-state index contributed by atoms with van der Waals surface area (Å²) in [4.78, 5) is 21.6. The summed E-state index contributed by atoms with van der Waals surface area (Å²) in [6, 6.07) is 0. The van der Waals surface area contributed by atoms with Gasteiger partial charge < -0.3 is 26.5 Å². The van der Waals surface area contributed by atoms with Crippen molar-refractivity contribution >= 4 is 46.7 Å². The molecule has 2 rings (SSSR count). The number of rotatable bonds is 4. The number of H-pyrrole nitrogens is 1. The van der Waals surface area contributed by atoms with Gasteiger partial charge in [-0.05, 0) is 0 Å². The number of nitrogens with one attached hydrogen (secondary N) is 1. The van der Waals surface area contributed by atoms with Crippen LogP contribution in [0.5, 0.6) is 0 Å². The molecule has 0 bridgehead atoms. The summed E-state index contributed by atoms with van der Waals surface area (Å²) < 4.78 is 6.63. The summed E-state index contributed by atoms with van der Waals surface area (Å²) in [5.41, 5.74) is 5.60. The van der Waals surface area contributed by atoms with Crippen molar-refractivity contribution in [2.45, 2.75) is 6.73 Å². The zero-order chi connectivity index (χ0) is 11.5. The number of hydrogen-bond donors (Lipinski definition) is 3. The van der Waals surface area contributed by atoms with Crippen LogP contribution in [-0.4, -0.2) is 78.3 Å². The third kappa shape index (κ3) is 4.54.